The van der Waals surface area contributed by atoms with E-state index in [-0.39, 0.29) is 11.5 Å². The molecule has 6 heteroatoms. The van der Waals surface area contributed by atoms with Gasteiger partial charge in [-0.15, -0.1) is 0 Å². The number of aliphatic hydroxyl groups is 1. The summed E-state index contributed by atoms with van der Waals surface area (Å²) in [5.74, 6) is 3.22. The molecular weight excluding hydrogens is 388 g/mol. The van der Waals surface area contributed by atoms with Crippen molar-refractivity contribution in [3.05, 3.63) is 11.0 Å². The van der Waals surface area contributed by atoms with Gasteiger partial charge in [-0.2, -0.15) is 8.42 Å². The van der Waals surface area contributed by atoms with Gasteiger partial charge in [0, 0.05) is 18.3 Å². The third-order valence-corrected chi connectivity index (χ3v) is 10.5. The predicted octanol–water partition coefficient (Wildman–Crippen LogP) is 4.21. The molecule has 0 radical (unpaired) electrons. The van der Waals surface area contributed by atoms with Crippen LogP contribution in [-0.4, -0.2) is 32.0 Å². The number of ketones is 1. The monoisotopic (exact) mass is 424 g/mol. The fourth-order valence-corrected chi connectivity index (χ4v) is 8.17. The maximum Gasteiger partial charge on any atom is 0.292 e. The lowest BCUT2D eigenvalue weighted by atomic mass is 9.51. The van der Waals surface area contributed by atoms with Crippen molar-refractivity contribution < 1.29 is 22.5 Å². The molecule has 6 unspecified atom stereocenters. The Morgan fingerprint density at radius 3 is 2.59 bits per heavy atom. The summed E-state index contributed by atoms with van der Waals surface area (Å²) in [6.07, 6.45) is 10.5. The maximum absolute atomic E-state index is 12.4. The molecule has 0 aromatic heterocycles. The standard InChI is InChI=1S/C23H36O5S/c1-3-15(2)29(26,27)28-14-23-13-12-19-18-9-7-17(24)6-4-16(18)5-8-20(19)21(23)10-11-22(23)25/h3,16,18-22,25H,4-14H2,1-2H3/b15-3+/t16-,18?,19?,20?,21?,22?,23?/m1/s1. The first-order valence-electron chi connectivity index (χ1n) is 11.5. The van der Waals surface area contributed by atoms with Crippen LogP contribution >= 0.6 is 0 Å². The predicted molar refractivity (Wildman–Crippen MR) is 111 cm³/mol. The molecular formula is C23H36O5S. The second-order valence-electron chi connectivity index (χ2n) is 10.0. The molecule has 0 aliphatic heterocycles. The molecule has 7 atom stereocenters. The topological polar surface area (TPSA) is 80.7 Å². The molecule has 29 heavy (non-hydrogen) atoms. The Hall–Kier alpha value is -0.720. The van der Waals surface area contributed by atoms with Crippen LogP contribution in [0.5, 0.6) is 0 Å². The third-order valence-electron chi connectivity index (χ3n) is 9.02. The lowest BCUT2D eigenvalue weighted by molar-refractivity contribution is -0.119. The van der Waals surface area contributed by atoms with Crippen LogP contribution in [0.4, 0.5) is 0 Å². The second kappa shape index (κ2) is 8.08. The zero-order valence-corrected chi connectivity index (χ0v) is 18.6. The van der Waals surface area contributed by atoms with Gasteiger partial charge in [-0.05, 0) is 94.8 Å². The molecule has 0 amide bonds. The number of carbonyl (C=O) groups excluding carboxylic acids is 1. The molecule has 0 spiro atoms. The highest BCUT2D eigenvalue weighted by atomic mass is 32.2. The molecule has 0 heterocycles. The van der Waals surface area contributed by atoms with E-state index < -0.39 is 21.6 Å². The largest absolute Gasteiger partial charge is 0.392 e. The summed E-state index contributed by atoms with van der Waals surface area (Å²) >= 11 is 0. The van der Waals surface area contributed by atoms with Gasteiger partial charge in [-0.3, -0.25) is 8.98 Å². The average Bonchev–Trinajstić information content (AvgIpc) is 2.92. The highest BCUT2D eigenvalue weighted by Gasteiger charge is 2.59. The van der Waals surface area contributed by atoms with Gasteiger partial charge in [0.05, 0.1) is 17.6 Å². The molecule has 4 aliphatic carbocycles. The van der Waals surface area contributed by atoms with Gasteiger partial charge in [-0.25, -0.2) is 0 Å². The van der Waals surface area contributed by atoms with E-state index in [0.29, 0.717) is 35.4 Å². The van der Waals surface area contributed by atoms with E-state index in [1.807, 2.05) is 0 Å². The fourth-order valence-electron chi connectivity index (χ4n) is 7.32. The second-order valence-corrected chi connectivity index (χ2v) is 11.8. The first-order chi connectivity index (χ1) is 13.8. The minimum Gasteiger partial charge on any atom is -0.392 e. The van der Waals surface area contributed by atoms with E-state index in [1.54, 1.807) is 19.9 Å². The summed E-state index contributed by atoms with van der Waals surface area (Å²) in [6, 6.07) is 0. The van der Waals surface area contributed by atoms with Gasteiger partial charge >= 0.3 is 0 Å². The van der Waals surface area contributed by atoms with Crippen LogP contribution in [0.25, 0.3) is 0 Å². The highest BCUT2D eigenvalue weighted by molar-refractivity contribution is 7.90. The Bertz CT molecular complexity index is 772. The van der Waals surface area contributed by atoms with Crippen molar-refractivity contribution >= 4 is 15.9 Å². The molecule has 4 fully saturated rings. The molecule has 4 saturated carbocycles. The van der Waals surface area contributed by atoms with Crippen LogP contribution in [0, 0.1) is 35.0 Å². The normalized spacial score (nSPS) is 43.3. The molecule has 4 rings (SSSR count). The van der Waals surface area contributed by atoms with Crippen molar-refractivity contribution in [1.29, 1.82) is 0 Å². The van der Waals surface area contributed by atoms with Gasteiger partial charge in [0.15, 0.2) is 0 Å². The number of carbonyl (C=O) groups is 1. The summed E-state index contributed by atoms with van der Waals surface area (Å²) < 4.78 is 30.4. The van der Waals surface area contributed by atoms with E-state index in [2.05, 4.69) is 0 Å². The summed E-state index contributed by atoms with van der Waals surface area (Å²) in [5.41, 5.74) is -0.435. The van der Waals surface area contributed by atoms with Crippen molar-refractivity contribution in [2.24, 2.45) is 35.0 Å². The Kier molecular flexibility index (Phi) is 6.00. The number of hydrogen-bond acceptors (Lipinski definition) is 5. The van der Waals surface area contributed by atoms with Crippen LogP contribution in [0.15, 0.2) is 11.0 Å². The highest BCUT2D eigenvalue weighted by Crippen LogP contribution is 2.62. The Morgan fingerprint density at radius 1 is 1.07 bits per heavy atom. The van der Waals surface area contributed by atoms with Crippen LogP contribution in [-0.2, 0) is 19.1 Å². The molecule has 0 aromatic carbocycles. The smallest absolute Gasteiger partial charge is 0.292 e. The Labute approximate surface area is 175 Å². The molecule has 164 valence electrons. The van der Waals surface area contributed by atoms with Crippen LogP contribution in [0.2, 0.25) is 0 Å². The molecule has 0 saturated heterocycles. The number of rotatable bonds is 4. The van der Waals surface area contributed by atoms with Crippen molar-refractivity contribution in [2.45, 2.75) is 84.2 Å². The lowest BCUT2D eigenvalue weighted by Crippen LogP contribution is -2.51. The van der Waals surface area contributed by atoms with Crippen LogP contribution in [0.3, 0.4) is 0 Å². The van der Waals surface area contributed by atoms with Gasteiger partial charge in [-0.1, -0.05) is 6.08 Å². The van der Waals surface area contributed by atoms with Crippen molar-refractivity contribution in [3.8, 4) is 0 Å². The van der Waals surface area contributed by atoms with Crippen LogP contribution in [0.1, 0.15) is 78.1 Å². The Morgan fingerprint density at radius 2 is 1.83 bits per heavy atom. The first-order valence-corrected chi connectivity index (χ1v) is 12.9. The van der Waals surface area contributed by atoms with E-state index >= 15 is 0 Å². The van der Waals surface area contributed by atoms with Crippen molar-refractivity contribution in [1.82, 2.24) is 0 Å². The zero-order chi connectivity index (χ0) is 20.8. The minimum atomic E-state index is -3.72. The van der Waals surface area contributed by atoms with Gasteiger partial charge in [0.25, 0.3) is 10.1 Å². The van der Waals surface area contributed by atoms with Gasteiger partial charge < -0.3 is 5.11 Å². The Balaban J connectivity index is 1.55. The average molecular weight is 425 g/mol. The minimum absolute atomic E-state index is 0.0994. The lowest BCUT2D eigenvalue weighted by Gasteiger charge is -2.54. The van der Waals surface area contributed by atoms with E-state index in [4.69, 9.17) is 4.18 Å². The summed E-state index contributed by atoms with van der Waals surface area (Å²) in [7, 11) is -3.72. The van der Waals surface area contributed by atoms with Gasteiger partial charge in [0.1, 0.15) is 5.78 Å². The summed E-state index contributed by atoms with van der Waals surface area (Å²) in [5, 5.41) is 10.9. The zero-order valence-electron chi connectivity index (χ0n) is 17.8. The SMILES string of the molecule is C/C=C(\C)S(=O)(=O)OCC12CCC3C(CC[C@H]4CCC(=O)CCC34)C1CCC2O. The number of allylic oxidation sites excluding steroid dienone is 2. The van der Waals surface area contributed by atoms with E-state index in [0.717, 1.165) is 57.8 Å². The molecule has 0 aromatic rings. The maximum atomic E-state index is 12.4. The number of fused-ring (bicyclic) bond motifs is 5. The van der Waals surface area contributed by atoms with Crippen LogP contribution < -0.4 is 0 Å². The summed E-state index contributed by atoms with van der Waals surface area (Å²) in [4.78, 5) is 12.2. The molecule has 4 aliphatic rings. The van der Waals surface area contributed by atoms with E-state index in [9.17, 15) is 18.3 Å². The van der Waals surface area contributed by atoms with Crippen molar-refractivity contribution in [2.75, 3.05) is 6.61 Å². The summed E-state index contributed by atoms with van der Waals surface area (Å²) in [6.45, 7) is 3.35. The van der Waals surface area contributed by atoms with E-state index in [1.165, 1.54) is 6.42 Å². The third kappa shape index (κ3) is 3.74. The number of aliphatic hydroxyl groups excluding tert-OH is 1. The first kappa shape index (κ1) is 21.5. The quantitative estimate of drug-likeness (QED) is 0.684. The fraction of sp³-hybridized carbons (Fsp3) is 0.870. The van der Waals surface area contributed by atoms with Crippen molar-refractivity contribution in [3.63, 3.8) is 0 Å². The van der Waals surface area contributed by atoms with Gasteiger partial charge in [0.2, 0.25) is 0 Å². The molecule has 0 bridgehead atoms. The molecule has 1 N–H and O–H groups in total. The molecule has 5 nitrogen and oxygen atoms in total. The number of hydrogen-bond donors (Lipinski definition) is 1. The number of Topliss-reactive ketones (excluding diaryl/α,β-unsaturated/α-hetero) is 1.